The number of benzene rings is 1. The van der Waals surface area contributed by atoms with E-state index in [2.05, 4.69) is 26.0 Å². The van der Waals surface area contributed by atoms with E-state index in [1.807, 2.05) is 0 Å². The third-order valence-electron chi connectivity index (χ3n) is 5.13. The van der Waals surface area contributed by atoms with Crippen LogP contribution >= 0.6 is 11.6 Å². The highest BCUT2D eigenvalue weighted by molar-refractivity contribution is 6.31. The molecule has 0 radical (unpaired) electrons. The van der Waals surface area contributed by atoms with Crippen molar-refractivity contribution in [1.29, 1.82) is 0 Å². The van der Waals surface area contributed by atoms with E-state index in [9.17, 15) is 0 Å². The third-order valence-corrected chi connectivity index (χ3v) is 5.54. The van der Waals surface area contributed by atoms with E-state index in [4.69, 9.17) is 17.3 Å². The van der Waals surface area contributed by atoms with Crippen LogP contribution in [0.1, 0.15) is 61.6 Å². The number of halogens is 1. The van der Waals surface area contributed by atoms with Gasteiger partial charge >= 0.3 is 0 Å². The predicted octanol–water partition coefficient (Wildman–Crippen LogP) is 5.19. The van der Waals surface area contributed by atoms with Gasteiger partial charge in [-0.3, -0.25) is 0 Å². The maximum atomic E-state index is 6.20. The minimum Gasteiger partial charge on any atom is -0.330 e. The van der Waals surface area contributed by atoms with Gasteiger partial charge < -0.3 is 5.73 Å². The maximum absolute atomic E-state index is 6.20. The number of nitrogens with two attached hydrogens (primary N) is 1. The van der Waals surface area contributed by atoms with Crippen molar-refractivity contribution in [3.63, 3.8) is 0 Å². The third kappa shape index (κ3) is 3.77. The summed E-state index contributed by atoms with van der Waals surface area (Å²) in [5.74, 6) is 0. The standard InChI is InChI=1S/C18H28ClN/c1-14-13-17(19)15(2)12-16(14)6-9-18(10-11-20)7-4-3-5-8-18/h12-13H,3-11,20H2,1-2H3. The molecule has 2 rings (SSSR count). The SMILES string of the molecule is Cc1cc(CCC2(CCN)CCCCC2)c(C)cc1Cl. The Morgan fingerprint density at radius 3 is 2.40 bits per heavy atom. The summed E-state index contributed by atoms with van der Waals surface area (Å²) in [4.78, 5) is 0. The summed E-state index contributed by atoms with van der Waals surface area (Å²) in [6, 6.07) is 4.39. The molecule has 1 aromatic carbocycles. The normalized spacial score (nSPS) is 18.2. The zero-order chi connectivity index (χ0) is 14.6. The first kappa shape index (κ1) is 15.9. The summed E-state index contributed by atoms with van der Waals surface area (Å²) in [5.41, 5.74) is 10.4. The van der Waals surface area contributed by atoms with Crippen LogP contribution in [0, 0.1) is 19.3 Å². The summed E-state index contributed by atoms with van der Waals surface area (Å²) in [7, 11) is 0. The predicted molar refractivity (Wildman–Crippen MR) is 88.4 cm³/mol. The molecular formula is C18H28ClN. The molecule has 0 amide bonds. The van der Waals surface area contributed by atoms with Crippen LogP contribution < -0.4 is 5.73 Å². The van der Waals surface area contributed by atoms with Crippen molar-refractivity contribution in [2.24, 2.45) is 11.1 Å². The zero-order valence-electron chi connectivity index (χ0n) is 13.0. The molecule has 20 heavy (non-hydrogen) atoms. The van der Waals surface area contributed by atoms with Gasteiger partial charge in [-0.2, -0.15) is 0 Å². The lowest BCUT2D eigenvalue weighted by atomic mass is 9.68. The second-order valence-corrected chi connectivity index (χ2v) is 7.03. The van der Waals surface area contributed by atoms with E-state index in [1.54, 1.807) is 0 Å². The Balaban J connectivity index is 2.07. The average Bonchev–Trinajstić information content (AvgIpc) is 2.43. The number of aryl methyl sites for hydroxylation is 3. The molecule has 0 unspecified atom stereocenters. The number of hydrogen-bond donors (Lipinski definition) is 1. The van der Waals surface area contributed by atoms with E-state index < -0.39 is 0 Å². The molecule has 0 heterocycles. The topological polar surface area (TPSA) is 26.0 Å². The molecule has 112 valence electrons. The van der Waals surface area contributed by atoms with E-state index in [-0.39, 0.29) is 0 Å². The molecule has 1 aliphatic carbocycles. The zero-order valence-corrected chi connectivity index (χ0v) is 13.7. The lowest BCUT2D eigenvalue weighted by Crippen LogP contribution is -2.28. The Bertz CT molecular complexity index is 441. The van der Waals surface area contributed by atoms with Gasteiger partial charge in [-0.1, -0.05) is 36.9 Å². The van der Waals surface area contributed by atoms with Gasteiger partial charge in [0.1, 0.15) is 0 Å². The summed E-state index contributed by atoms with van der Waals surface area (Å²) in [5, 5.41) is 0.889. The van der Waals surface area contributed by atoms with Crippen LogP contribution in [0.5, 0.6) is 0 Å². The van der Waals surface area contributed by atoms with E-state index >= 15 is 0 Å². The van der Waals surface area contributed by atoms with E-state index in [0.717, 1.165) is 11.6 Å². The van der Waals surface area contributed by atoms with Gasteiger partial charge in [0.2, 0.25) is 0 Å². The Hall–Kier alpha value is -0.530. The Morgan fingerprint density at radius 1 is 1.05 bits per heavy atom. The summed E-state index contributed by atoms with van der Waals surface area (Å²) in [6.45, 7) is 5.11. The summed E-state index contributed by atoms with van der Waals surface area (Å²) < 4.78 is 0. The number of hydrogen-bond acceptors (Lipinski definition) is 1. The van der Waals surface area contributed by atoms with Gasteiger partial charge in [0.05, 0.1) is 0 Å². The first-order chi connectivity index (χ1) is 9.56. The molecule has 1 fully saturated rings. The molecule has 1 saturated carbocycles. The van der Waals surface area contributed by atoms with Crippen molar-refractivity contribution in [3.8, 4) is 0 Å². The molecule has 1 aliphatic rings. The molecule has 0 bridgehead atoms. The molecule has 2 heteroatoms. The molecule has 2 N–H and O–H groups in total. The second kappa shape index (κ2) is 6.95. The van der Waals surface area contributed by atoms with E-state index in [0.29, 0.717) is 5.41 Å². The van der Waals surface area contributed by atoms with Crippen LogP contribution in [0.25, 0.3) is 0 Å². The molecule has 0 aliphatic heterocycles. The second-order valence-electron chi connectivity index (χ2n) is 6.63. The largest absolute Gasteiger partial charge is 0.330 e. The van der Waals surface area contributed by atoms with E-state index in [1.165, 1.54) is 68.1 Å². The monoisotopic (exact) mass is 293 g/mol. The molecule has 0 aromatic heterocycles. The van der Waals surface area contributed by atoms with Gasteiger partial charge in [0, 0.05) is 5.02 Å². The molecule has 0 saturated heterocycles. The van der Waals surface area contributed by atoms with Crippen LogP contribution in [0.2, 0.25) is 5.02 Å². The number of rotatable bonds is 5. The Morgan fingerprint density at radius 2 is 1.75 bits per heavy atom. The lowest BCUT2D eigenvalue weighted by Gasteiger charge is -2.37. The summed E-state index contributed by atoms with van der Waals surface area (Å²) >= 11 is 6.20. The van der Waals surface area contributed by atoms with Gasteiger partial charge in [0.15, 0.2) is 0 Å². The summed E-state index contributed by atoms with van der Waals surface area (Å²) in [6.07, 6.45) is 10.6. The van der Waals surface area contributed by atoms with Crippen molar-refractivity contribution in [2.45, 2.75) is 65.2 Å². The molecular weight excluding hydrogens is 266 g/mol. The Labute approximate surface area is 128 Å². The van der Waals surface area contributed by atoms with Crippen LogP contribution in [0.3, 0.4) is 0 Å². The fourth-order valence-electron chi connectivity index (χ4n) is 3.74. The maximum Gasteiger partial charge on any atom is 0.0438 e. The quantitative estimate of drug-likeness (QED) is 0.794. The van der Waals surface area contributed by atoms with Crippen LogP contribution in [0.15, 0.2) is 12.1 Å². The van der Waals surface area contributed by atoms with Crippen LogP contribution in [-0.4, -0.2) is 6.54 Å². The van der Waals surface area contributed by atoms with Crippen molar-refractivity contribution in [1.82, 2.24) is 0 Å². The lowest BCUT2D eigenvalue weighted by molar-refractivity contribution is 0.161. The van der Waals surface area contributed by atoms with Crippen molar-refractivity contribution < 1.29 is 0 Å². The highest BCUT2D eigenvalue weighted by atomic mass is 35.5. The van der Waals surface area contributed by atoms with Crippen LogP contribution in [-0.2, 0) is 6.42 Å². The average molecular weight is 294 g/mol. The fraction of sp³-hybridized carbons (Fsp3) is 0.667. The fourth-order valence-corrected chi connectivity index (χ4v) is 3.96. The van der Waals surface area contributed by atoms with Gasteiger partial charge in [0.25, 0.3) is 0 Å². The molecule has 0 atom stereocenters. The highest BCUT2D eigenvalue weighted by Crippen LogP contribution is 2.43. The van der Waals surface area contributed by atoms with Gasteiger partial charge in [-0.05, 0) is 80.7 Å². The minimum atomic E-state index is 0.507. The molecule has 0 spiro atoms. The molecule has 1 aromatic rings. The molecule has 1 nitrogen and oxygen atoms in total. The smallest absolute Gasteiger partial charge is 0.0438 e. The van der Waals surface area contributed by atoms with Gasteiger partial charge in [-0.15, -0.1) is 0 Å². The first-order valence-electron chi connectivity index (χ1n) is 8.02. The van der Waals surface area contributed by atoms with Gasteiger partial charge in [-0.25, -0.2) is 0 Å². The highest BCUT2D eigenvalue weighted by Gasteiger charge is 2.30. The Kier molecular flexibility index (Phi) is 5.51. The van der Waals surface area contributed by atoms with Crippen molar-refractivity contribution in [2.75, 3.05) is 6.54 Å². The van der Waals surface area contributed by atoms with Crippen LogP contribution in [0.4, 0.5) is 0 Å². The van der Waals surface area contributed by atoms with Crippen molar-refractivity contribution in [3.05, 3.63) is 33.8 Å². The first-order valence-corrected chi connectivity index (χ1v) is 8.40. The minimum absolute atomic E-state index is 0.507. The van der Waals surface area contributed by atoms with Crippen molar-refractivity contribution >= 4 is 11.6 Å².